The van der Waals surface area contributed by atoms with Gasteiger partial charge in [0.1, 0.15) is 33.7 Å². The highest BCUT2D eigenvalue weighted by Crippen LogP contribution is 2.37. The van der Waals surface area contributed by atoms with Crippen LogP contribution in [0.1, 0.15) is 49.5 Å². The Morgan fingerprint density at radius 3 is 2.27 bits per heavy atom. The number of thiophene rings is 1. The fourth-order valence-electron chi connectivity index (χ4n) is 3.45. The van der Waals surface area contributed by atoms with Gasteiger partial charge in [-0.15, -0.1) is 11.3 Å². The van der Waals surface area contributed by atoms with Gasteiger partial charge < -0.3 is 19.5 Å². The van der Waals surface area contributed by atoms with Gasteiger partial charge in [0.25, 0.3) is 5.91 Å². The Hall–Kier alpha value is -4.09. The number of nitrogens with zero attached hydrogens (tertiary/aromatic N) is 1. The summed E-state index contributed by atoms with van der Waals surface area (Å²) >= 11 is 1.20. The molecule has 0 bridgehead atoms. The molecule has 0 aliphatic heterocycles. The molecular weight excluding hydrogens is 488 g/mol. The van der Waals surface area contributed by atoms with Crippen LogP contribution in [-0.2, 0) is 9.53 Å². The van der Waals surface area contributed by atoms with Crippen LogP contribution >= 0.6 is 11.3 Å². The smallest absolute Gasteiger partial charge is 0.341 e. The summed E-state index contributed by atoms with van der Waals surface area (Å²) in [6, 6.07) is 16.4. The lowest BCUT2D eigenvalue weighted by atomic mass is 10.0. The largest absolute Gasteiger partial charge is 0.494 e. The van der Waals surface area contributed by atoms with Crippen molar-refractivity contribution in [1.29, 1.82) is 5.26 Å². The number of nitrogens with one attached hydrogen (secondary N) is 1. The number of carbonyl (C=O) groups excluding carboxylic acids is 2. The molecule has 8 heteroatoms. The number of anilines is 1. The summed E-state index contributed by atoms with van der Waals surface area (Å²) in [6.45, 7) is 7.09. The second kappa shape index (κ2) is 13.9. The van der Waals surface area contributed by atoms with Gasteiger partial charge in [0.15, 0.2) is 0 Å². The minimum absolute atomic E-state index is 0.0922. The topological polar surface area (TPSA) is 97.6 Å². The molecular formula is C29H30N2O5S. The van der Waals surface area contributed by atoms with Crippen molar-refractivity contribution in [2.24, 2.45) is 0 Å². The number of hydrogen-bond acceptors (Lipinski definition) is 7. The predicted octanol–water partition coefficient (Wildman–Crippen LogP) is 6.72. The van der Waals surface area contributed by atoms with E-state index in [1.54, 1.807) is 36.6 Å². The van der Waals surface area contributed by atoms with Crippen LogP contribution in [0, 0.1) is 11.3 Å². The molecule has 37 heavy (non-hydrogen) atoms. The van der Waals surface area contributed by atoms with Crippen LogP contribution in [0.2, 0.25) is 0 Å². The van der Waals surface area contributed by atoms with Crippen molar-refractivity contribution in [2.45, 2.75) is 33.6 Å². The molecule has 0 spiro atoms. The van der Waals surface area contributed by atoms with Gasteiger partial charge in [0, 0.05) is 10.9 Å². The molecule has 0 radical (unpaired) electrons. The van der Waals surface area contributed by atoms with Crippen LogP contribution in [0.5, 0.6) is 11.5 Å². The third kappa shape index (κ3) is 7.45. The summed E-state index contributed by atoms with van der Waals surface area (Å²) in [5.74, 6) is 0.283. The number of nitriles is 1. The number of rotatable bonds is 12. The maximum Gasteiger partial charge on any atom is 0.341 e. The Bertz CT molecular complexity index is 1270. The van der Waals surface area contributed by atoms with Crippen LogP contribution in [0.25, 0.3) is 17.2 Å². The fourth-order valence-corrected chi connectivity index (χ4v) is 4.40. The van der Waals surface area contributed by atoms with Crippen LogP contribution in [0.15, 0.2) is 59.5 Å². The van der Waals surface area contributed by atoms with Gasteiger partial charge in [-0.2, -0.15) is 5.26 Å². The second-order valence-corrected chi connectivity index (χ2v) is 8.81. The van der Waals surface area contributed by atoms with Crippen molar-refractivity contribution in [3.8, 4) is 28.7 Å². The maximum absolute atomic E-state index is 13.0. The number of ether oxygens (including phenoxy) is 3. The summed E-state index contributed by atoms with van der Waals surface area (Å²) in [4.78, 5) is 25.8. The number of carbonyl (C=O) groups is 2. The monoisotopic (exact) mass is 518 g/mol. The highest BCUT2D eigenvalue weighted by atomic mass is 32.1. The molecule has 7 nitrogen and oxygen atoms in total. The van der Waals surface area contributed by atoms with Crippen molar-refractivity contribution in [3.05, 3.63) is 70.6 Å². The molecule has 2 aromatic carbocycles. The van der Waals surface area contributed by atoms with Crippen LogP contribution in [0.3, 0.4) is 0 Å². The van der Waals surface area contributed by atoms with Crippen molar-refractivity contribution in [1.82, 2.24) is 0 Å². The first-order valence-electron chi connectivity index (χ1n) is 12.2. The molecule has 192 valence electrons. The van der Waals surface area contributed by atoms with E-state index in [1.165, 1.54) is 17.4 Å². The van der Waals surface area contributed by atoms with Gasteiger partial charge in [-0.25, -0.2) is 4.79 Å². The Kier molecular flexibility index (Phi) is 10.3. The zero-order valence-electron chi connectivity index (χ0n) is 21.2. The van der Waals surface area contributed by atoms with E-state index in [2.05, 4.69) is 12.2 Å². The fraction of sp³-hybridized carbons (Fsp3) is 0.276. The molecule has 1 N–H and O–H groups in total. The predicted molar refractivity (Wildman–Crippen MR) is 146 cm³/mol. The van der Waals surface area contributed by atoms with E-state index in [1.807, 2.05) is 37.3 Å². The standard InChI is InChI=1S/C29H30N2O5S/c1-4-7-16-36-24-12-8-20(9-13-24)17-22(18-30)27(32)31-28-26(29(33)35-6-3)25(19-37-28)21-10-14-23(15-11-21)34-5-2/h8-15,17,19H,4-7,16H2,1-3H3,(H,31,32)/b22-17+. The normalized spacial score (nSPS) is 10.9. The molecule has 0 aliphatic carbocycles. The van der Waals surface area contributed by atoms with Crippen molar-refractivity contribution >= 4 is 34.3 Å². The molecule has 0 fully saturated rings. The minimum atomic E-state index is -0.614. The Morgan fingerprint density at radius 2 is 1.65 bits per heavy atom. The lowest BCUT2D eigenvalue weighted by Crippen LogP contribution is -2.16. The van der Waals surface area contributed by atoms with E-state index >= 15 is 0 Å². The highest BCUT2D eigenvalue weighted by molar-refractivity contribution is 7.15. The summed E-state index contributed by atoms with van der Waals surface area (Å²) < 4.78 is 16.4. The SMILES string of the molecule is CCCCOc1ccc(/C=C(\C#N)C(=O)Nc2scc(-c3ccc(OCC)cc3)c2C(=O)OCC)cc1. The van der Waals surface area contributed by atoms with E-state index in [4.69, 9.17) is 14.2 Å². The zero-order valence-corrected chi connectivity index (χ0v) is 22.0. The summed E-state index contributed by atoms with van der Waals surface area (Å²) in [7, 11) is 0. The van der Waals surface area contributed by atoms with E-state index in [-0.39, 0.29) is 17.7 Å². The number of hydrogen-bond donors (Lipinski definition) is 1. The van der Waals surface area contributed by atoms with E-state index < -0.39 is 11.9 Å². The van der Waals surface area contributed by atoms with E-state index in [9.17, 15) is 14.9 Å². The quantitative estimate of drug-likeness (QED) is 0.124. The zero-order chi connectivity index (χ0) is 26.6. The molecule has 0 saturated heterocycles. The summed E-state index contributed by atoms with van der Waals surface area (Å²) in [5.41, 5.74) is 2.24. The van der Waals surface area contributed by atoms with E-state index in [0.29, 0.717) is 29.3 Å². The van der Waals surface area contributed by atoms with Gasteiger partial charge in [-0.1, -0.05) is 37.6 Å². The lowest BCUT2D eigenvalue weighted by Gasteiger charge is -2.09. The van der Waals surface area contributed by atoms with Crippen molar-refractivity contribution < 1.29 is 23.8 Å². The van der Waals surface area contributed by atoms with Gasteiger partial charge >= 0.3 is 5.97 Å². The number of benzene rings is 2. The van der Waals surface area contributed by atoms with Crippen LogP contribution in [-0.4, -0.2) is 31.7 Å². The Morgan fingerprint density at radius 1 is 0.973 bits per heavy atom. The second-order valence-electron chi connectivity index (χ2n) is 7.93. The van der Waals surface area contributed by atoms with E-state index in [0.717, 1.165) is 29.9 Å². The van der Waals surface area contributed by atoms with Crippen molar-refractivity contribution in [3.63, 3.8) is 0 Å². The lowest BCUT2D eigenvalue weighted by molar-refractivity contribution is -0.112. The molecule has 1 heterocycles. The third-order valence-electron chi connectivity index (χ3n) is 5.30. The van der Waals surface area contributed by atoms with Gasteiger partial charge in [0.05, 0.1) is 19.8 Å². The number of amides is 1. The average Bonchev–Trinajstić information content (AvgIpc) is 3.32. The Balaban J connectivity index is 1.84. The number of esters is 1. The molecule has 1 amide bonds. The Labute approximate surface area is 221 Å². The average molecular weight is 519 g/mol. The molecule has 0 atom stereocenters. The molecule has 0 saturated carbocycles. The minimum Gasteiger partial charge on any atom is -0.494 e. The van der Waals surface area contributed by atoms with Gasteiger partial charge in [-0.3, -0.25) is 4.79 Å². The first-order valence-corrected chi connectivity index (χ1v) is 13.1. The summed E-state index contributed by atoms with van der Waals surface area (Å²) in [5, 5.41) is 14.5. The molecule has 0 unspecified atom stereocenters. The molecule has 0 aliphatic rings. The molecule has 3 rings (SSSR count). The summed E-state index contributed by atoms with van der Waals surface area (Å²) in [6.07, 6.45) is 3.51. The third-order valence-corrected chi connectivity index (χ3v) is 6.19. The highest BCUT2D eigenvalue weighted by Gasteiger charge is 2.24. The molecule has 3 aromatic rings. The van der Waals surface area contributed by atoms with Crippen LogP contribution < -0.4 is 14.8 Å². The maximum atomic E-state index is 13.0. The van der Waals surface area contributed by atoms with Gasteiger partial charge in [-0.05, 0) is 61.7 Å². The van der Waals surface area contributed by atoms with Crippen LogP contribution in [0.4, 0.5) is 5.00 Å². The van der Waals surface area contributed by atoms with Gasteiger partial charge in [0.2, 0.25) is 0 Å². The number of unbranched alkanes of at least 4 members (excludes halogenated alkanes) is 1. The molecule has 1 aromatic heterocycles. The first kappa shape index (κ1) is 27.5. The first-order chi connectivity index (χ1) is 18.0. The van der Waals surface area contributed by atoms with Crippen molar-refractivity contribution in [2.75, 3.05) is 25.1 Å².